The standard InChI is InChI=1S/C13H23N3O/c1-11(2)10-16(9-5-7-14)13-12(17-3)6-4-8-15-13/h4,6,8,11H,5,7,9-10,14H2,1-3H3. The molecule has 0 saturated heterocycles. The first-order valence-corrected chi connectivity index (χ1v) is 6.13. The van der Waals surface area contributed by atoms with E-state index in [4.69, 9.17) is 10.5 Å². The van der Waals surface area contributed by atoms with E-state index >= 15 is 0 Å². The van der Waals surface area contributed by atoms with Crippen molar-refractivity contribution >= 4 is 5.82 Å². The van der Waals surface area contributed by atoms with Crippen LogP contribution in [0.2, 0.25) is 0 Å². The maximum absolute atomic E-state index is 5.58. The van der Waals surface area contributed by atoms with Gasteiger partial charge in [-0.3, -0.25) is 0 Å². The van der Waals surface area contributed by atoms with Gasteiger partial charge >= 0.3 is 0 Å². The number of aromatic nitrogens is 1. The highest BCUT2D eigenvalue weighted by Crippen LogP contribution is 2.25. The van der Waals surface area contributed by atoms with Crippen LogP contribution in [0, 0.1) is 5.92 Å². The summed E-state index contributed by atoms with van der Waals surface area (Å²) in [5, 5.41) is 0. The van der Waals surface area contributed by atoms with Crippen LogP contribution in [-0.4, -0.2) is 31.7 Å². The Morgan fingerprint density at radius 3 is 2.82 bits per heavy atom. The Kier molecular flexibility index (Phi) is 5.77. The van der Waals surface area contributed by atoms with Crippen molar-refractivity contribution in [3.63, 3.8) is 0 Å². The smallest absolute Gasteiger partial charge is 0.171 e. The molecule has 1 aromatic rings. The van der Waals surface area contributed by atoms with Gasteiger partial charge in [0, 0.05) is 19.3 Å². The Balaban J connectivity index is 2.86. The van der Waals surface area contributed by atoms with E-state index in [9.17, 15) is 0 Å². The predicted molar refractivity (Wildman–Crippen MR) is 71.5 cm³/mol. The SMILES string of the molecule is COc1cccnc1N(CCCN)CC(C)C. The zero-order chi connectivity index (χ0) is 12.7. The zero-order valence-electron chi connectivity index (χ0n) is 11.0. The molecular weight excluding hydrogens is 214 g/mol. The van der Waals surface area contributed by atoms with Gasteiger partial charge in [-0.05, 0) is 31.0 Å². The van der Waals surface area contributed by atoms with Crippen molar-refractivity contribution in [1.82, 2.24) is 4.98 Å². The highest BCUT2D eigenvalue weighted by atomic mass is 16.5. The fourth-order valence-corrected chi connectivity index (χ4v) is 1.79. The molecule has 0 amide bonds. The van der Waals surface area contributed by atoms with E-state index in [1.807, 2.05) is 12.1 Å². The molecule has 0 radical (unpaired) electrons. The first-order valence-electron chi connectivity index (χ1n) is 6.13. The Hall–Kier alpha value is -1.29. The number of nitrogens with zero attached hydrogens (tertiary/aromatic N) is 2. The molecule has 0 aliphatic rings. The van der Waals surface area contributed by atoms with Gasteiger partial charge in [0.15, 0.2) is 11.6 Å². The number of rotatable bonds is 7. The molecule has 0 saturated carbocycles. The maximum Gasteiger partial charge on any atom is 0.171 e. The van der Waals surface area contributed by atoms with Crippen molar-refractivity contribution in [2.24, 2.45) is 11.7 Å². The lowest BCUT2D eigenvalue weighted by Crippen LogP contribution is -2.31. The van der Waals surface area contributed by atoms with Gasteiger partial charge in [-0.1, -0.05) is 13.8 Å². The molecule has 17 heavy (non-hydrogen) atoms. The van der Waals surface area contributed by atoms with Crippen LogP contribution in [0.5, 0.6) is 5.75 Å². The summed E-state index contributed by atoms with van der Waals surface area (Å²) in [7, 11) is 1.68. The molecule has 1 rings (SSSR count). The summed E-state index contributed by atoms with van der Waals surface area (Å²) in [4.78, 5) is 6.66. The van der Waals surface area contributed by atoms with Crippen LogP contribution in [0.4, 0.5) is 5.82 Å². The average molecular weight is 237 g/mol. The van der Waals surface area contributed by atoms with E-state index in [-0.39, 0.29) is 0 Å². The van der Waals surface area contributed by atoms with Crippen molar-refractivity contribution in [2.45, 2.75) is 20.3 Å². The van der Waals surface area contributed by atoms with Gasteiger partial charge in [-0.15, -0.1) is 0 Å². The number of pyridine rings is 1. The van der Waals surface area contributed by atoms with Crippen LogP contribution in [0.3, 0.4) is 0 Å². The lowest BCUT2D eigenvalue weighted by Gasteiger charge is -2.26. The molecule has 1 heterocycles. The Labute approximate surface area is 104 Å². The number of hydrogen-bond acceptors (Lipinski definition) is 4. The maximum atomic E-state index is 5.58. The summed E-state index contributed by atoms with van der Waals surface area (Å²) in [5.41, 5.74) is 5.58. The Morgan fingerprint density at radius 2 is 2.24 bits per heavy atom. The molecule has 4 nitrogen and oxygen atoms in total. The van der Waals surface area contributed by atoms with E-state index < -0.39 is 0 Å². The number of methoxy groups -OCH3 is 1. The topological polar surface area (TPSA) is 51.4 Å². The van der Waals surface area contributed by atoms with Crippen LogP contribution in [0.15, 0.2) is 18.3 Å². The fourth-order valence-electron chi connectivity index (χ4n) is 1.79. The van der Waals surface area contributed by atoms with E-state index in [1.54, 1.807) is 13.3 Å². The normalized spacial score (nSPS) is 10.6. The second-order valence-electron chi connectivity index (χ2n) is 4.51. The van der Waals surface area contributed by atoms with Crippen molar-refractivity contribution in [3.05, 3.63) is 18.3 Å². The van der Waals surface area contributed by atoms with Gasteiger partial charge in [0.25, 0.3) is 0 Å². The summed E-state index contributed by atoms with van der Waals surface area (Å²) < 4.78 is 5.35. The molecule has 0 aliphatic heterocycles. The van der Waals surface area contributed by atoms with Crippen molar-refractivity contribution in [3.8, 4) is 5.75 Å². The average Bonchev–Trinajstić information content (AvgIpc) is 2.34. The van der Waals surface area contributed by atoms with Gasteiger partial charge in [0.1, 0.15) is 0 Å². The Bertz CT molecular complexity index is 328. The number of anilines is 1. The van der Waals surface area contributed by atoms with Crippen molar-refractivity contribution in [1.29, 1.82) is 0 Å². The first kappa shape index (κ1) is 13.8. The minimum absolute atomic E-state index is 0.583. The van der Waals surface area contributed by atoms with E-state index in [2.05, 4.69) is 23.7 Å². The van der Waals surface area contributed by atoms with Crippen LogP contribution >= 0.6 is 0 Å². The van der Waals surface area contributed by atoms with Gasteiger partial charge in [-0.25, -0.2) is 4.98 Å². The number of hydrogen-bond donors (Lipinski definition) is 1. The molecule has 2 N–H and O–H groups in total. The second kappa shape index (κ2) is 7.12. The van der Waals surface area contributed by atoms with Crippen molar-refractivity contribution < 1.29 is 4.74 Å². The molecule has 0 aliphatic carbocycles. The molecule has 0 aromatic carbocycles. The van der Waals surface area contributed by atoms with Crippen LogP contribution in [0.25, 0.3) is 0 Å². The third kappa shape index (κ3) is 4.23. The third-order valence-electron chi connectivity index (χ3n) is 2.49. The van der Waals surface area contributed by atoms with Crippen LogP contribution in [-0.2, 0) is 0 Å². The summed E-state index contributed by atoms with van der Waals surface area (Å²) in [5.74, 6) is 2.32. The Morgan fingerprint density at radius 1 is 1.47 bits per heavy atom. The molecule has 0 unspecified atom stereocenters. The zero-order valence-corrected chi connectivity index (χ0v) is 11.0. The predicted octanol–water partition coefficient (Wildman–Crippen LogP) is 1.90. The lowest BCUT2D eigenvalue weighted by molar-refractivity contribution is 0.411. The molecule has 4 heteroatoms. The minimum Gasteiger partial charge on any atom is -0.493 e. The summed E-state index contributed by atoms with van der Waals surface area (Å²) in [6.45, 7) is 6.98. The number of nitrogens with two attached hydrogens (primary N) is 1. The first-order chi connectivity index (χ1) is 8.19. The van der Waals surface area contributed by atoms with E-state index in [0.29, 0.717) is 12.5 Å². The molecule has 1 aromatic heterocycles. The van der Waals surface area contributed by atoms with Crippen LogP contribution < -0.4 is 15.4 Å². The minimum atomic E-state index is 0.583. The van der Waals surface area contributed by atoms with Gasteiger partial charge in [0.05, 0.1) is 7.11 Å². The molecule has 0 fully saturated rings. The molecule has 0 spiro atoms. The van der Waals surface area contributed by atoms with Gasteiger partial charge < -0.3 is 15.4 Å². The fraction of sp³-hybridized carbons (Fsp3) is 0.615. The van der Waals surface area contributed by atoms with E-state index in [0.717, 1.165) is 31.1 Å². The quantitative estimate of drug-likeness (QED) is 0.787. The van der Waals surface area contributed by atoms with Crippen molar-refractivity contribution in [2.75, 3.05) is 31.6 Å². The number of ether oxygens (including phenoxy) is 1. The van der Waals surface area contributed by atoms with E-state index in [1.165, 1.54) is 0 Å². The van der Waals surface area contributed by atoms with Crippen LogP contribution in [0.1, 0.15) is 20.3 Å². The molecule has 0 atom stereocenters. The highest BCUT2D eigenvalue weighted by molar-refractivity contribution is 5.51. The summed E-state index contributed by atoms with van der Waals surface area (Å²) in [6, 6.07) is 3.83. The highest BCUT2D eigenvalue weighted by Gasteiger charge is 2.13. The van der Waals surface area contributed by atoms with Gasteiger partial charge in [-0.2, -0.15) is 0 Å². The third-order valence-corrected chi connectivity index (χ3v) is 2.49. The second-order valence-corrected chi connectivity index (χ2v) is 4.51. The molecular formula is C13H23N3O. The van der Waals surface area contributed by atoms with Gasteiger partial charge in [0.2, 0.25) is 0 Å². The monoisotopic (exact) mass is 237 g/mol. The summed E-state index contributed by atoms with van der Waals surface area (Å²) in [6.07, 6.45) is 2.76. The lowest BCUT2D eigenvalue weighted by atomic mass is 10.2. The molecule has 0 bridgehead atoms. The summed E-state index contributed by atoms with van der Waals surface area (Å²) >= 11 is 0. The molecule has 96 valence electrons. The largest absolute Gasteiger partial charge is 0.493 e.